The SMILES string of the molecule is CC(C)CC1(C(Cc2ccc(Cl)cc2)NN)CCCC1. The zero-order valence-corrected chi connectivity index (χ0v) is 13.4. The molecule has 1 unspecified atom stereocenters. The lowest BCUT2D eigenvalue weighted by Gasteiger charge is -2.39. The van der Waals surface area contributed by atoms with Crippen LogP contribution in [-0.2, 0) is 6.42 Å². The van der Waals surface area contributed by atoms with Crippen LogP contribution in [0.15, 0.2) is 24.3 Å². The third-order valence-corrected chi connectivity index (χ3v) is 4.96. The summed E-state index contributed by atoms with van der Waals surface area (Å²) in [5.41, 5.74) is 4.80. The summed E-state index contributed by atoms with van der Waals surface area (Å²) >= 11 is 5.97. The second-order valence-corrected chi connectivity index (χ2v) is 7.15. The van der Waals surface area contributed by atoms with Crippen LogP contribution >= 0.6 is 11.6 Å². The first-order valence-electron chi connectivity index (χ1n) is 7.76. The van der Waals surface area contributed by atoms with Crippen LogP contribution in [0.25, 0.3) is 0 Å². The normalized spacial score (nSPS) is 19.4. The van der Waals surface area contributed by atoms with Gasteiger partial charge in [0.1, 0.15) is 0 Å². The molecule has 0 saturated heterocycles. The van der Waals surface area contributed by atoms with Crippen molar-refractivity contribution >= 4 is 11.6 Å². The number of hydrazine groups is 1. The number of benzene rings is 1. The first-order chi connectivity index (χ1) is 9.55. The van der Waals surface area contributed by atoms with E-state index in [1.807, 2.05) is 12.1 Å². The van der Waals surface area contributed by atoms with E-state index in [0.29, 0.717) is 17.4 Å². The van der Waals surface area contributed by atoms with Crippen LogP contribution in [-0.4, -0.2) is 6.04 Å². The number of nitrogens with two attached hydrogens (primary N) is 1. The van der Waals surface area contributed by atoms with Gasteiger partial charge in [-0.3, -0.25) is 11.3 Å². The Morgan fingerprint density at radius 3 is 2.30 bits per heavy atom. The maximum absolute atomic E-state index is 5.97. The second-order valence-electron chi connectivity index (χ2n) is 6.72. The predicted octanol–water partition coefficient (Wildman–Crippen LogP) is 4.32. The van der Waals surface area contributed by atoms with Crippen LogP contribution in [0.5, 0.6) is 0 Å². The lowest BCUT2D eigenvalue weighted by Crippen LogP contribution is -2.49. The van der Waals surface area contributed by atoms with Gasteiger partial charge in [0.25, 0.3) is 0 Å². The average Bonchev–Trinajstić information content (AvgIpc) is 2.86. The molecule has 112 valence electrons. The molecular formula is C17H27ClN2. The first kappa shape index (κ1) is 15.8. The average molecular weight is 295 g/mol. The highest BCUT2D eigenvalue weighted by atomic mass is 35.5. The molecule has 0 radical (unpaired) electrons. The van der Waals surface area contributed by atoms with E-state index in [4.69, 9.17) is 17.4 Å². The van der Waals surface area contributed by atoms with Crippen molar-refractivity contribution in [3.05, 3.63) is 34.9 Å². The lowest BCUT2D eigenvalue weighted by atomic mass is 9.71. The molecule has 1 aliphatic rings. The Balaban J connectivity index is 2.14. The molecule has 0 amide bonds. The molecule has 3 heteroatoms. The second kappa shape index (κ2) is 6.93. The summed E-state index contributed by atoms with van der Waals surface area (Å²) in [5, 5.41) is 0.795. The fraction of sp³-hybridized carbons (Fsp3) is 0.647. The minimum Gasteiger partial charge on any atom is -0.271 e. The Morgan fingerprint density at radius 2 is 1.80 bits per heavy atom. The van der Waals surface area contributed by atoms with Crippen LogP contribution in [0.4, 0.5) is 0 Å². The Morgan fingerprint density at radius 1 is 1.20 bits per heavy atom. The zero-order chi connectivity index (χ0) is 14.6. The Bertz CT molecular complexity index is 408. The summed E-state index contributed by atoms with van der Waals surface area (Å²) in [4.78, 5) is 0. The summed E-state index contributed by atoms with van der Waals surface area (Å²) in [7, 11) is 0. The largest absolute Gasteiger partial charge is 0.271 e. The smallest absolute Gasteiger partial charge is 0.0406 e. The van der Waals surface area contributed by atoms with Gasteiger partial charge in [0.05, 0.1) is 0 Å². The molecular weight excluding hydrogens is 268 g/mol. The summed E-state index contributed by atoms with van der Waals surface area (Å²) in [5.74, 6) is 6.63. The molecule has 1 fully saturated rings. The van der Waals surface area contributed by atoms with Crippen molar-refractivity contribution < 1.29 is 0 Å². The Kier molecular flexibility index (Phi) is 5.48. The van der Waals surface area contributed by atoms with E-state index >= 15 is 0 Å². The first-order valence-corrected chi connectivity index (χ1v) is 8.14. The predicted molar refractivity (Wildman–Crippen MR) is 86.6 cm³/mol. The summed E-state index contributed by atoms with van der Waals surface area (Å²) in [6.07, 6.45) is 7.52. The molecule has 3 N–H and O–H groups in total. The van der Waals surface area contributed by atoms with E-state index in [1.165, 1.54) is 37.7 Å². The van der Waals surface area contributed by atoms with Gasteiger partial charge in [-0.05, 0) is 54.7 Å². The highest BCUT2D eigenvalue weighted by molar-refractivity contribution is 6.30. The van der Waals surface area contributed by atoms with Crippen molar-refractivity contribution in [1.82, 2.24) is 5.43 Å². The van der Waals surface area contributed by atoms with Crippen LogP contribution in [0.2, 0.25) is 5.02 Å². The third kappa shape index (κ3) is 3.75. The maximum atomic E-state index is 5.97. The van der Waals surface area contributed by atoms with Crippen LogP contribution < -0.4 is 11.3 Å². The molecule has 1 saturated carbocycles. The van der Waals surface area contributed by atoms with Gasteiger partial charge < -0.3 is 0 Å². The Hall–Kier alpha value is -0.570. The van der Waals surface area contributed by atoms with Gasteiger partial charge in [0.15, 0.2) is 0 Å². The molecule has 2 nitrogen and oxygen atoms in total. The topological polar surface area (TPSA) is 38.0 Å². The molecule has 2 rings (SSSR count). The molecule has 20 heavy (non-hydrogen) atoms. The van der Waals surface area contributed by atoms with Gasteiger partial charge >= 0.3 is 0 Å². The van der Waals surface area contributed by atoms with Gasteiger partial charge in [-0.15, -0.1) is 0 Å². The molecule has 1 aromatic carbocycles. The van der Waals surface area contributed by atoms with Crippen LogP contribution in [0, 0.1) is 11.3 Å². The molecule has 1 atom stereocenters. The highest BCUT2D eigenvalue weighted by Gasteiger charge is 2.41. The quantitative estimate of drug-likeness (QED) is 0.606. The standard InChI is InChI=1S/C17H27ClN2/c1-13(2)12-17(9-3-4-10-17)16(20-19)11-14-5-7-15(18)8-6-14/h5-8,13,16,20H,3-4,9-12,19H2,1-2H3. The summed E-state index contributed by atoms with van der Waals surface area (Å²) in [6.45, 7) is 4.63. The van der Waals surface area contributed by atoms with Gasteiger partial charge in [0.2, 0.25) is 0 Å². The number of hydrogen-bond acceptors (Lipinski definition) is 2. The van der Waals surface area contributed by atoms with Crippen molar-refractivity contribution in [2.24, 2.45) is 17.2 Å². The van der Waals surface area contributed by atoms with Crippen molar-refractivity contribution in [1.29, 1.82) is 0 Å². The Labute approximate surface area is 128 Å². The van der Waals surface area contributed by atoms with E-state index in [9.17, 15) is 0 Å². The molecule has 1 aliphatic carbocycles. The van der Waals surface area contributed by atoms with Crippen molar-refractivity contribution in [3.8, 4) is 0 Å². The van der Waals surface area contributed by atoms with Gasteiger partial charge in [0, 0.05) is 11.1 Å². The van der Waals surface area contributed by atoms with E-state index in [2.05, 4.69) is 31.4 Å². The molecule has 1 aromatic rings. The van der Waals surface area contributed by atoms with Crippen molar-refractivity contribution in [3.63, 3.8) is 0 Å². The minimum atomic E-state index is 0.355. The molecule has 0 aromatic heterocycles. The number of rotatable bonds is 6. The molecule has 0 heterocycles. The van der Waals surface area contributed by atoms with Crippen LogP contribution in [0.3, 0.4) is 0 Å². The minimum absolute atomic E-state index is 0.355. The summed E-state index contributed by atoms with van der Waals surface area (Å²) < 4.78 is 0. The van der Waals surface area contributed by atoms with Gasteiger partial charge in [-0.2, -0.15) is 0 Å². The molecule has 0 bridgehead atoms. The zero-order valence-electron chi connectivity index (χ0n) is 12.7. The van der Waals surface area contributed by atoms with Crippen molar-refractivity contribution in [2.45, 2.75) is 58.4 Å². The monoisotopic (exact) mass is 294 g/mol. The summed E-state index contributed by atoms with van der Waals surface area (Å²) in [6, 6.07) is 8.52. The molecule has 0 spiro atoms. The van der Waals surface area contributed by atoms with E-state index in [0.717, 1.165) is 11.4 Å². The maximum Gasteiger partial charge on any atom is 0.0406 e. The fourth-order valence-electron chi connectivity index (χ4n) is 3.90. The third-order valence-electron chi connectivity index (χ3n) is 4.71. The van der Waals surface area contributed by atoms with Gasteiger partial charge in [-0.1, -0.05) is 50.4 Å². The number of halogens is 1. The lowest BCUT2D eigenvalue weighted by molar-refractivity contribution is 0.154. The van der Waals surface area contributed by atoms with E-state index in [1.54, 1.807) is 0 Å². The number of hydrogen-bond donors (Lipinski definition) is 2. The number of nitrogens with one attached hydrogen (secondary N) is 1. The van der Waals surface area contributed by atoms with E-state index < -0.39 is 0 Å². The molecule has 0 aliphatic heterocycles. The van der Waals surface area contributed by atoms with E-state index in [-0.39, 0.29) is 0 Å². The van der Waals surface area contributed by atoms with Crippen LogP contribution in [0.1, 0.15) is 51.5 Å². The van der Waals surface area contributed by atoms with Crippen molar-refractivity contribution in [2.75, 3.05) is 0 Å². The fourth-order valence-corrected chi connectivity index (χ4v) is 4.02. The highest BCUT2D eigenvalue weighted by Crippen LogP contribution is 2.46. The van der Waals surface area contributed by atoms with Gasteiger partial charge in [-0.25, -0.2) is 0 Å².